The number of methoxy groups -OCH3 is 3. The molecule has 0 saturated carbocycles. The Hall–Kier alpha value is -1.76. The van der Waals surface area contributed by atoms with Crippen LogP contribution in [-0.2, 0) is 6.54 Å². The van der Waals surface area contributed by atoms with Gasteiger partial charge >= 0.3 is 0 Å². The van der Waals surface area contributed by atoms with E-state index in [4.69, 9.17) is 14.2 Å². The van der Waals surface area contributed by atoms with Crippen LogP contribution in [0.1, 0.15) is 18.4 Å². The summed E-state index contributed by atoms with van der Waals surface area (Å²) in [4.78, 5) is 4.29. The van der Waals surface area contributed by atoms with Crippen molar-refractivity contribution in [2.75, 3.05) is 40.7 Å². The summed E-state index contributed by atoms with van der Waals surface area (Å²) in [5.41, 5.74) is 0.930. The molecule has 24 heavy (non-hydrogen) atoms. The SMILES string of the molecule is CN=C(NCc1c(OC)cc(OC)cc1OC)NCC1CCCS1. The van der Waals surface area contributed by atoms with Crippen molar-refractivity contribution < 1.29 is 14.2 Å². The van der Waals surface area contributed by atoms with Crippen molar-refractivity contribution in [3.05, 3.63) is 17.7 Å². The third-order valence-corrected chi connectivity index (χ3v) is 5.39. The smallest absolute Gasteiger partial charge is 0.191 e. The van der Waals surface area contributed by atoms with Crippen LogP contribution in [0.3, 0.4) is 0 Å². The van der Waals surface area contributed by atoms with Crippen LogP contribution in [0.25, 0.3) is 0 Å². The Balaban J connectivity index is 2.00. The Labute approximate surface area is 148 Å². The van der Waals surface area contributed by atoms with E-state index in [1.807, 2.05) is 23.9 Å². The quantitative estimate of drug-likeness (QED) is 0.579. The molecule has 0 aliphatic carbocycles. The van der Waals surface area contributed by atoms with Gasteiger partial charge in [0.1, 0.15) is 17.2 Å². The maximum atomic E-state index is 5.47. The van der Waals surface area contributed by atoms with Crippen LogP contribution in [0.2, 0.25) is 0 Å². The molecule has 2 N–H and O–H groups in total. The first-order valence-corrected chi connectivity index (χ1v) is 9.11. The summed E-state index contributed by atoms with van der Waals surface area (Å²) in [6.45, 7) is 1.48. The number of thioether (sulfide) groups is 1. The Morgan fingerprint density at radius 2 is 1.88 bits per heavy atom. The Bertz CT molecular complexity index is 535. The highest BCUT2D eigenvalue weighted by atomic mass is 32.2. The Kier molecular flexibility index (Phi) is 7.36. The first-order valence-electron chi connectivity index (χ1n) is 8.06. The highest BCUT2D eigenvalue weighted by Crippen LogP contribution is 2.33. The second-order valence-electron chi connectivity index (χ2n) is 5.45. The standard InChI is InChI=1S/C17H27N3O3S/c1-18-17(19-10-13-6-5-7-24-13)20-11-14-15(22-3)8-12(21-2)9-16(14)23-4/h8-9,13H,5-7,10-11H2,1-4H3,(H2,18,19,20). The van der Waals surface area contributed by atoms with Crippen LogP contribution < -0.4 is 24.8 Å². The summed E-state index contributed by atoms with van der Waals surface area (Å²) in [5, 5.41) is 7.39. The second kappa shape index (κ2) is 9.52. The predicted octanol–water partition coefficient (Wildman–Crippen LogP) is 2.27. The lowest BCUT2D eigenvalue weighted by Gasteiger charge is -2.18. The van der Waals surface area contributed by atoms with Crippen molar-refractivity contribution >= 4 is 17.7 Å². The third-order valence-electron chi connectivity index (χ3n) is 3.99. The molecule has 7 heteroatoms. The molecule has 1 saturated heterocycles. The minimum absolute atomic E-state index is 0.549. The molecule has 1 aliphatic rings. The third kappa shape index (κ3) is 4.87. The van der Waals surface area contributed by atoms with Crippen molar-refractivity contribution in [2.24, 2.45) is 4.99 Å². The Morgan fingerprint density at radius 1 is 1.17 bits per heavy atom. The van der Waals surface area contributed by atoms with E-state index in [1.54, 1.807) is 28.4 Å². The largest absolute Gasteiger partial charge is 0.496 e. The summed E-state index contributed by atoms with van der Waals surface area (Å²) >= 11 is 2.03. The zero-order valence-corrected chi connectivity index (χ0v) is 15.7. The summed E-state index contributed by atoms with van der Waals surface area (Å²) in [6.07, 6.45) is 2.58. The Morgan fingerprint density at radius 3 is 2.38 bits per heavy atom. The van der Waals surface area contributed by atoms with E-state index in [-0.39, 0.29) is 0 Å². The fourth-order valence-corrected chi connectivity index (χ4v) is 3.86. The molecule has 0 bridgehead atoms. The van der Waals surface area contributed by atoms with Crippen molar-refractivity contribution in [1.29, 1.82) is 0 Å². The number of guanidine groups is 1. The van der Waals surface area contributed by atoms with Crippen LogP contribution in [0.15, 0.2) is 17.1 Å². The first kappa shape index (κ1) is 18.6. The lowest BCUT2D eigenvalue weighted by Crippen LogP contribution is -2.39. The van der Waals surface area contributed by atoms with Gasteiger partial charge in [0.05, 0.1) is 33.4 Å². The van der Waals surface area contributed by atoms with E-state index in [0.717, 1.165) is 29.6 Å². The van der Waals surface area contributed by atoms with Gasteiger partial charge in [-0.3, -0.25) is 4.99 Å². The number of hydrogen-bond acceptors (Lipinski definition) is 5. The van der Waals surface area contributed by atoms with Crippen LogP contribution in [0.4, 0.5) is 0 Å². The van der Waals surface area contributed by atoms with Crippen molar-refractivity contribution in [1.82, 2.24) is 10.6 Å². The lowest BCUT2D eigenvalue weighted by molar-refractivity contribution is 0.368. The summed E-state index contributed by atoms with van der Waals surface area (Å²) in [7, 11) is 6.68. The number of rotatable bonds is 7. The number of ether oxygens (including phenoxy) is 3. The molecule has 1 aliphatic heterocycles. The monoisotopic (exact) mass is 353 g/mol. The highest BCUT2D eigenvalue weighted by Gasteiger charge is 2.17. The number of aliphatic imine (C=N–C) groups is 1. The molecule has 1 fully saturated rings. The molecular weight excluding hydrogens is 326 g/mol. The van der Waals surface area contributed by atoms with Gasteiger partial charge < -0.3 is 24.8 Å². The van der Waals surface area contributed by atoms with E-state index < -0.39 is 0 Å². The second-order valence-corrected chi connectivity index (χ2v) is 6.86. The molecule has 2 rings (SSSR count). The average molecular weight is 353 g/mol. The molecule has 1 heterocycles. The van der Waals surface area contributed by atoms with Gasteiger partial charge in [0, 0.05) is 31.0 Å². The maximum Gasteiger partial charge on any atom is 0.191 e. The van der Waals surface area contributed by atoms with Crippen LogP contribution in [-0.4, -0.2) is 51.9 Å². The van der Waals surface area contributed by atoms with Gasteiger partial charge in [0.25, 0.3) is 0 Å². The van der Waals surface area contributed by atoms with Crippen molar-refractivity contribution in [3.63, 3.8) is 0 Å². The van der Waals surface area contributed by atoms with E-state index in [1.165, 1.54) is 18.6 Å². The topological polar surface area (TPSA) is 64.1 Å². The van der Waals surface area contributed by atoms with Gasteiger partial charge in [-0.05, 0) is 18.6 Å². The molecule has 0 spiro atoms. The predicted molar refractivity (Wildman–Crippen MR) is 99.8 cm³/mol. The molecule has 1 aromatic carbocycles. The maximum absolute atomic E-state index is 5.47. The summed E-state index contributed by atoms with van der Waals surface area (Å²) in [5.74, 6) is 4.19. The fraction of sp³-hybridized carbons (Fsp3) is 0.588. The first-order chi connectivity index (χ1) is 11.7. The minimum Gasteiger partial charge on any atom is -0.496 e. The van der Waals surface area contributed by atoms with Gasteiger partial charge in [0.2, 0.25) is 0 Å². The molecule has 0 amide bonds. The summed E-state index contributed by atoms with van der Waals surface area (Å²) < 4.78 is 16.2. The van der Waals surface area contributed by atoms with Crippen molar-refractivity contribution in [3.8, 4) is 17.2 Å². The van der Waals surface area contributed by atoms with Gasteiger partial charge in [-0.1, -0.05) is 0 Å². The van der Waals surface area contributed by atoms with Crippen LogP contribution in [0, 0.1) is 0 Å². The fourth-order valence-electron chi connectivity index (χ4n) is 2.66. The van der Waals surface area contributed by atoms with Crippen LogP contribution in [0.5, 0.6) is 17.2 Å². The normalized spacial score (nSPS) is 17.5. The molecule has 1 aromatic rings. The molecule has 134 valence electrons. The van der Waals surface area contributed by atoms with Gasteiger partial charge in [-0.25, -0.2) is 0 Å². The number of nitrogens with zero attached hydrogens (tertiary/aromatic N) is 1. The zero-order valence-electron chi connectivity index (χ0n) is 14.8. The van der Waals surface area contributed by atoms with Crippen LogP contribution >= 0.6 is 11.8 Å². The van der Waals surface area contributed by atoms with E-state index in [0.29, 0.717) is 17.5 Å². The molecule has 0 aromatic heterocycles. The van der Waals surface area contributed by atoms with Gasteiger partial charge in [0.15, 0.2) is 5.96 Å². The number of nitrogens with one attached hydrogen (secondary N) is 2. The summed E-state index contributed by atoms with van der Waals surface area (Å²) in [6, 6.07) is 3.70. The van der Waals surface area contributed by atoms with E-state index in [9.17, 15) is 0 Å². The molecule has 1 atom stereocenters. The molecular formula is C17H27N3O3S. The van der Waals surface area contributed by atoms with Gasteiger partial charge in [-0.2, -0.15) is 11.8 Å². The highest BCUT2D eigenvalue weighted by molar-refractivity contribution is 8.00. The number of hydrogen-bond donors (Lipinski definition) is 2. The molecule has 0 radical (unpaired) electrons. The average Bonchev–Trinajstić information content (AvgIpc) is 3.14. The van der Waals surface area contributed by atoms with Crippen molar-refractivity contribution in [2.45, 2.75) is 24.6 Å². The molecule has 6 nitrogen and oxygen atoms in total. The zero-order chi connectivity index (χ0) is 17.4. The number of benzene rings is 1. The van der Waals surface area contributed by atoms with Gasteiger partial charge in [-0.15, -0.1) is 0 Å². The molecule has 1 unspecified atom stereocenters. The van der Waals surface area contributed by atoms with E-state index >= 15 is 0 Å². The minimum atomic E-state index is 0.549. The lowest BCUT2D eigenvalue weighted by atomic mass is 10.1. The van der Waals surface area contributed by atoms with E-state index in [2.05, 4.69) is 15.6 Å².